The van der Waals surface area contributed by atoms with Crippen molar-refractivity contribution in [1.29, 1.82) is 0 Å². The molecule has 2 heterocycles. The summed E-state index contributed by atoms with van der Waals surface area (Å²) < 4.78 is 20.3. The van der Waals surface area contributed by atoms with Crippen LogP contribution in [0.4, 0.5) is 10.1 Å². The van der Waals surface area contributed by atoms with Crippen LogP contribution in [0, 0.1) is 17.7 Å². The number of anilines is 1. The lowest BCUT2D eigenvalue weighted by Crippen LogP contribution is -2.50. The zero-order chi connectivity index (χ0) is 25.4. The Labute approximate surface area is 210 Å². The number of carbonyl (C=O) groups is 2. The highest BCUT2D eigenvalue weighted by atomic mass is 19.1. The molecule has 4 fully saturated rings. The number of aliphatic hydroxyl groups excluding tert-OH is 3. The quantitative estimate of drug-likeness (QED) is 0.466. The minimum absolute atomic E-state index is 0.0670. The Morgan fingerprint density at radius 3 is 2.17 bits per heavy atom. The number of β-amino-alcohol motifs (C(OH)–C–C–N with tert-alkyl or cyclic N) is 1. The monoisotopic (exact) mass is 505 g/mol. The highest BCUT2D eigenvalue weighted by Gasteiger charge is 2.52. The van der Waals surface area contributed by atoms with Crippen LogP contribution in [0.5, 0.6) is 5.75 Å². The van der Waals surface area contributed by atoms with Crippen molar-refractivity contribution in [2.75, 3.05) is 44.2 Å². The van der Waals surface area contributed by atoms with Crippen LogP contribution in [-0.2, 0) is 9.59 Å². The van der Waals surface area contributed by atoms with Gasteiger partial charge in [-0.15, -0.1) is 0 Å². The molecule has 2 saturated carbocycles. The summed E-state index contributed by atoms with van der Waals surface area (Å²) in [7, 11) is 0. The van der Waals surface area contributed by atoms with E-state index >= 15 is 0 Å². The number of hydrogen-bond donors (Lipinski definition) is 3. The lowest BCUT2D eigenvalue weighted by atomic mass is 9.78. The summed E-state index contributed by atoms with van der Waals surface area (Å²) in [6.07, 6.45) is 1.74. The van der Waals surface area contributed by atoms with Crippen LogP contribution in [0.2, 0.25) is 0 Å². The van der Waals surface area contributed by atoms with Gasteiger partial charge in [0.15, 0.2) is 0 Å². The van der Waals surface area contributed by atoms with Crippen LogP contribution in [0.25, 0.3) is 0 Å². The number of likely N-dealkylation sites (tertiary alicyclic amines) is 1. The number of benzene rings is 1. The zero-order valence-corrected chi connectivity index (χ0v) is 20.5. The third-order valence-electron chi connectivity index (χ3n) is 8.18. The Balaban J connectivity index is 1.14. The third-order valence-corrected chi connectivity index (χ3v) is 8.18. The fraction of sp³-hybridized carbons (Fsp3) is 0.692. The van der Waals surface area contributed by atoms with Crippen molar-refractivity contribution in [1.82, 2.24) is 9.80 Å². The van der Waals surface area contributed by atoms with Gasteiger partial charge < -0.3 is 25.0 Å². The predicted molar refractivity (Wildman–Crippen MR) is 129 cm³/mol. The molecule has 0 aromatic heterocycles. The first-order valence-corrected chi connectivity index (χ1v) is 13.1. The van der Waals surface area contributed by atoms with E-state index in [0.717, 1.165) is 36.3 Å². The molecule has 5 unspecified atom stereocenters. The molecule has 0 spiro atoms. The summed E-state index contributed by atoms with van der Waals surface area (Å²) in [6, 6.07) is 4.66. The molecule has 4 aliphatic rings. The van der Waals surface area contributed by atoms with E-state index in [-0.39, 0.29) is 43.1 Å². The molecule has 2 aliphatic carbocycles. The lowest BCUT2D eigenvalue weighted by Gasteiger charge is -2.38. The van der Waals surface area contributed by atoms with Crippen molar-refractivity contribution < 1.29 is 34.0 Å². The minimum Gasteiger partial charge on any atom is -0.488 e. The van der Waals surface area contributed by atoms with Crippen LogP contribution in [-0.4, -0.2) is 101 Å². The first-order valence-electron chi connectivity index (χ1n) is 13.1. The Morgan fingerprint density at radius 1 is 0.944 bits per heavy atom. The normalized spacial score (nSPS) is 30.7. The Bertz CT molecular complexity index is 937. The van der Waals surface area contributed by atoms with Gasteiger partial charge in [0, 0.05) is 38.8 Å². The standard InChI is InChI=1S/C26H36FN3O6/c27-16-5-6-24(36-18-3-1-2-4-18)21(11-16)29-9-7-28(8-10-29)14-17(31)15-30-25(34)19-12-22(32)23(33)13-20(19)26(30)35/h5-6,11,17-20,22-23,31-33H,1-4,7-10,12-15H2. The molecular formula is C26H36FN3O6. The molecule has 10 heteroatoms. The van der Waals surface area contributed by atoms with Crippen LogP contribution in [0.1, 0.15) is 38.5 Å². The van der Waals surface area contributed by atoms with Gasteiger partial charge in [-0.3, -0.25) is 19.4 Å². The van der Waals surface area contributed by atoms with Crippen LogP contribution < -0.4 is 9.64 Å². The van der Waals surface area contributed by atoms with Crippen molar-refractivity contribution in [2.24, 2.45) is 11.8 Å². The first-order chi connectivity index (χ1) is 17.3. The molecule has 1 aromatic rings. The number of halogens is 1. The lowest BCUT2D eigenvalue weighted by molar-refractivity contribution is -0.141. The summed E-state index contributed by atoms with van der Waals surface area (Å²) in [5, 5.41) is 30.5. The number of ether oxygens (including phenoxy) is 1. The van der Waals surface area contributed by atoms with E-state index in [4.69, 9.17) is 4.74 Å². The molecule has 0 bridgehead atoms. The van der Waals surface area contributed by atoms with Crippen LogP contribution in [0.15, 0.2) is 18.2 Å². The zero-order valence-electron chi connectivity index (χ0n) is 20.5. The summed E-state index contributed by atoms with van der Waals surface area (Å²) in [5.41, 5.74) is 0.752. The van der Waals surface area contributed by atoms with E-state index in [1.807, 2.05) is 0 Å². The van der Waals surface area contributed by atoms with Gasteiger partial charge in [-0.2, -0.15) is 0 Å². The van der Waals surface area contributed by atoms with Crippen molar-refractivity contribution in [3.63, 3.8) is 0 Å². The van der Waals surface area contributed by atoms with E-state index in [1.54, 1.807) is 6.07 Å². The molecule has 198 valence electrons. The van der Waals surface area contributed by atoms with Gasteiger partial charge in [-0.05, 0) is 50.7 Å². The van der Waals surface area contributed by atoms with Crippen LogP contribution in [0.3, 0.4) is 0 Å². The Hall–Kier alpha value is -2.27. The highest BCUT2D eigenvalue weighted by Crippen LogP contribution is 2.38. The molecule has 5 rings (SSSR count). The van der Waals surface area contributed by atoms with E-state index in [0.29, 0.717) is 38.5 Å². The number of imide groups is 1. The Kier molecular flexibility index (Phi) is 7.48. The molecule has 36 heavy (non-hydrogen) atoms. The largest absolute Gasteiger partial charge is 0.488 e. The topological polar surface area (TPSA) is 114 Å². The summed E-state index contributed by atoms with van der Waals surface area (Å²) in [5.74, 6) is -1.60. The number of piperazine rings is 1. The van der Waals surface area contributed by atoms with E-state index in [9.17, 15) is 29.3 Å². The molecule has 2 aliphatic heterocycles. The number of fused-ring (bicyclic) bond motifs is 1. The van der Waals surface area contributed by atoms with E-state index < -0.39 is 30.1 Å². The first kappa shape index (κ1) is 25.4. The van der Waals surface area contributed by atoms with E-state index in [2.05, 4.69) is 9.80 Å². The number of nitrogens with zero attached hydrogens (tertiary/aromatic N) is 3. The average Bonchev–Trinajstić information content (AvgIpc) is 3.44. The maximum absolute atomic E-state index is 14.1. The second kappa shape index (κ2) is 10.6. The summed E-state index contributed by atoms with van der Waals surface area (Å²) in [6.45, 7) is 2.77. The number of hydrogen-bond acceptors (Lipinski definition) is 8. The van der Waals surface area contributed by atoms with Gasteiger partial charge in [0.2, 0.25) is 11.8 Å². The van der Waals surface area contributed by atoms with Gasteiger partial charge in [0.1, 0.15) is 11.6 Å². The predicted octanol–water partition coefficient (Wildman–Crippen LogP) is 0.747. The van der Waals surface area contributed by atoms with Crippen molar-refractivity contribution in [2.45, 2.75) is 62.9 Å². The summed E-state index contributed by atoms with van der Waals surface area (Å²) in [4.78, 5) is 30.8. The molecule has 1 aromatic carbocycles. The van der Waals surface area contributed by atoms with Gasteiger partial charge in [-0.25, -0.2) is 4.39 Å². The number of rotatable bonds is 7. The van der Waals surface area contributed by atoms with Crippen molar-refractivity contribution in [3.8, 4) is 5.75 Å². The second-order valence-electron chi connectivity index (χ2n) is 10.7. The van der Waals surface area contributed by atoms with E-state index in [1.165, 1.54) is 12.1 Å². The molecule has 3 N–H and O–H groups in total. The SMILES string of the molecule is O=C1C2CC(O)C(O)CC2C(=O)N1CC(O)CN1CCN(c2cc(F)ccc2OC2CCCC2)CC1. The fourth-order valence-electron chi connectivity index (χ4n) is 6.16. The molecular weight excluding hydrogens is 469 g/mol. The van der Waals surface area contributed by atoms with Gasteiger partial charge in [-0.1, -0.05) is 0 Å². The maximum atomic E-state index is 14.1. The smallest absolute Gasteiger partial charge is 0.233 e. The maximum Gasteiger partial charge on any atom is 0.233 e. The minimum atomic E-state index is -1.01. The van der Waals surface area contributed by atoms with Crippen molar-refractivity contribution in [3.05, 3.63) is 24.0 Å². The van der Waals surface area contributed by atoms with Crippen molar-refractivity contribution >= 4 is 17.5 Å². The van der Waals surface area contributed by atoms with Crippen LogP contribution >= 0.6 is 0 Å². The number of amides is 2. The molecule has 2 amide bonds. The number of aliphatic hydroxyl groups is 3. The Morgan fingerprint density at radius 2 is 1.56 bits per heavy atom. The average molecular weight is 506 g/mol. The third kappa shape index (κ3) is 5.22. The number of carbonyl (C=O) groups excluding carboxylic acids is 2. The van der Waals surface area contributed by atoms with Gasteiger partial charge in [0.25, 0.3) is 0 Å². The molecule has 9 nitrogen and oxygen atoms in total. The summed E-state index contributed by atoms with van der Waals surface area (Å²) >= 11 is 0. The molecule has 2 saturated heterocycles. The fourth-order valence-corrected chi connectivity index (χ4v) is 6.16. The highest BCUT2D eigenvalue weighted by molar-refractivity contribution is 6.05. The second-order valence-corrected chi connectivity index (χ2v) is 10.7. The van der Waals surface area contributed by atoms with Gasteiger partial charge >= 0.3 is 0 Å². The molecule has 5 atom stereocenters. The molecule has 0 radical (unpaired) electrons. The van der Waals surface area contributed by atoms with Gasteiger partial charge in [0.05, 0.1) is 48.5 Å².